The van der Waals surface area contributed by atoms with Gasteiger partial charge in [0.05, 0.1) is 12.5 Å². The molecule has 0 spiro atoms. The molecule has 0 unspecified atom stereocenters. The molecule has 1 amide bonds. The lowest BCUT2D eigenvalue weighted by molar-refractivity contribution is -0.138. The van der Waals surface area contributed by atoms with E-state index in [0.29, 0.717) is 6.54 Å². The molecule has 0 radical (unpaired) electrons. The summed E-state index contributed by atoms with van der Waals surface area (Å²) in [4.78, 5) is 15.5. The van der Waals surface area contributed by atoms with Crippen LogP contribution in [0.5, 0.6) is 17.2 Å². The van der Waals surface area contributed by atoms with E-state index in [0.717, 1.165) is 54.1 Å². The predicted molar refractivity (Wildman–Crippen MR) is 107 cm³/mol. The summed E-state index contributed by atoms with van der Waals surface area (Å²) in [5.41, 5.74) is 1.65. The van der Waals surface area contributed by atoms with E-state index in [-0.39, 0.29) is 12.7 Å². The van der Waals surface area contributed by atoms with Gasteiger partial charge < -0.3 is 19.1 Å². The Kier molecular flexibility index (Phi) is 5.16. The lowest BCUT2D eigenvalue weighted by Crippen LogP contribution is -2.46. The second kappa shape index (κ2) is 7.74. The highest BCUT2D eigenvalue weighted by Crippen LogP contribution is 2.44. The number of carbonyl (C=O) groups excluding carboxylic acids is 1. The highest BCUT2D eigenvalue weighted by molar-refractivity contribution is 5.88. The van der Waals surface area contributed by atoms with Gasteiger partial charge in [-0.3, -0.25) is 4.79 Å². The van der Waals surface area contributed by atoms with E-state index < -0.39 is 5.41 Å². The monoisotopic (exact) mass is 381 g/mol. The summed E-state index contributed by atoms with van der Waals surface area (Å²) in [6.07, 6.45) is 5.06. The highest BCUT2D eigenvalue weighted by atomic mass is 16.7. The number of likely N-dealkylation sites (N-methyl/N-ethyl adjacent to an activating group) is 1. The zero-order valence-electron chi connectivity index (χ0n) is 16.6. The van der Waals surface area contributed by atoms with Gasteiger partial charge in [-0.15, -0.1) is 0 Å². The zero-order valence-corrected chi connectivity index (χ0v) is 16.6. The van der Waals surface area contributed by atoms with Crippen LogP contribution in [0.4, 0.5) is 0 Å². The molecule has 1 heterocycles. The lowest BCUT2D eigenvalue weighted by atomic mass is 9.68. The average Bonchev–Trinajstić information content (AvgIpc) is 3.22. The SMILES string of the molecule is COc1ccc(CN(C)C(=O)C2(c3ccc4c(c3)OCO4)CCCCC2)cc1. The zero-order chi connectivity index (χ0) is 19.6. The first-order valence-corrected chi connectivity index (χ1v) is 9.91. The molecule has 0 aromatic heterocycles. The Morgan fingerprint density at radius 1 is 1.04 bits per heavy atom. The van der Waals surface area contributed by atoms with E-state index in [9.17, 15) is 4.79 Å². The molecule has 1 aliphatic carbocycles. The van der Waals surface area contributed by atoms with E-state index in [2.05, 4.69) is 0 Å². The van der Waals surface area contributed by atoms with Crippen LogP contribution in [0, 0.1) is 0 Å². The first kappa shape index (κ1) is 18.7. The summed E-state index contributed by atoms with van der Waals surface area (Å²) in [6, 6.07) is 13.9. The predicted octanol–water partition coefficient (Wildman–Crippen LogP) is 4.28. The van der Waals surface area contributed by atoms with Gasteiger partial charge >= 0.3 is 0 Å². The maximum atomic E-state index is 13.7. The number of amides is 1. The standard InChI is InChI=1S/C23H27NO4/c1-24(15-17-6-9-19(26-2)10-7-17)22(25)23(12-4-3-5-13-23)18-8-11-20-21(14-18)28-16-27-20/h6-11,14H,3-5,12-13,15-16H2,1-2H3. The number of fused-ring (bicyclic) bond motifs is 1. The van der Waals surface area contributed by atoms with Crippen LogP contribution >= 0.6 is 0 Å². The van der Waals surface area contributed by atoms with Gasteiger partial charge in [-0.25, -0.2) is 0 Å². The van der Waals surface area contributed by atoms with Crippen molar-refractivity contribution in [3.8, 4) is 17.2 Å². The van der Waals surface area contributed by atoms with Crippen molar-refractivity contribution in [1.29, 1.82) is 0 Å². The Labute approximate surface area is 166 Å². The third-order valence-electron chi connectivity index (χ3n) is 5.97. The molecule has 148 valence electrons. The second-order valence-electron chi connectivity index (χ2n) is 7.72. The smallest absolute Gasteiger partial charge is 0.233 e. The van der Waals surface area contributed by atoms with Gasteiger partial charge in [0.25, 0.3) is 0 Å². The van der Waals surface area contributed by atoms with Crippen molar-refractivity contribution in [3.05, 3.63) is 53.6 Å². The van der Waals surface area contributed by atoms with E-state index in [1.807, 2.05) is 54.4 Å². The molecule has 0 saturated heterocycles. The summed E-state index contributed by atoms with van der Waals surface area (Å²) in [5, 5.41) is 0. The fourth-order valence-corrected chi connectivity index (χ4v) is 4.42. The fourth-order valence-electron chi connectivity index (χ4n) is 4.42. The first-order valence-electron chi connectivity index (χ1n) is 9.91. The van der Waals surface area contributed by atoms with Gasteiger partial charge in [0.1, 0.15) is 5.75 Å². The molecule has 1 saturated carbocycles. The summed E-state index contributed by atoms with van der Waals surface area (Å²) in [7, 11) is 3.55. The van der Waals surface area contributed by atoms with Crippen LogP contribution in [0.2, 0.25) is 0 Å². The Morgan fingerprint density at radius 3 is 2.46 bits per heavy atom. The lowest BCUT2D eigenvalue weighted by Gasteiger charge is -2.39. The van der Waals surface area contributed by atoms with Gasteiger partial charge in [0, 0.05) is 13.6 Å². The Bertz CT molecular complexity index is 840. The Balaban J connectivity index is 1.60. The molecule has 2 aromatic rings. The third-order valence-corrected chi connectivity index (χ3v) is 5.97. The molecule has 0 atom stereocenters. The topological polar surface area (TPSA) is 48.0 Å². The fraction of sp³-hybridized carbons (Fsp3) is 0.435. The van der Waals surface area contributed by atoms with E-state index in [1.165, 1.54) is 6.42 Å². The Hall–Kier alpha value is -2.69. The van der Waals surface area contributed by atoms with Crippen molar-refractivity contribution >= 4 is 5.91 Å². The van der Waals surface area contributed by atoms with Gasteiger partial charge in [-0.2, -0.15) is 0 Å². The molecule has 2 aromatic carbocycles. The Morgan fingerprint density at radius 2 is 1.75 bits per heavy atom. The molecule has 1 aliphatic heterocycles. The largest absolute Gasteiger partial charge is 0.497 e. The number of ether oxygens (including phenoxy) is 3. The highest BCUT2D eigenvalue weighted by Gasteiger charge is 2.43. The number of carbonyl (C=O) groups is 1. The number of nitrogens with zero attached hydrogens (tertiary/aromatic N) is 1. The summed E-state index contributed by atoms with van der Waals surface area (Å²) < 4.78 is 16.2. The van der Waals surface area contributed by atoms with Crippen LogP contribution in [0.3, 0.4) is 0 Å². The van der Waals surface area contributed by atoms with Crippen LogP contribution in [0.1, 0.15) is 43.2 Å². The molecule has 28 heavy (non-hydrogen) atoms. The molecule has 0 bridgehead atoms. The van der Waals surface area contributed by atoms with E-state index in [1.54, 1.807) is 7.11 Å². The quantitative estimate of drug-likeness (QED) is 0.775. The summed E-state index contributed by atoms with van der Waals surface area (Å²) in [5.74, 6) is 2.51. The number of hydrogen-bond acceptors (Lipinski definition) is 4. The molecule has 4 rings (SSSR count). The van der Waals surface area contributed by atoms with Crippen LogP contribution in [0.25, 0.3) is 0 Å². The van der Waals surface area contributed by atoms with Crippen LogP contribution in [-0.4, -0.2) is 31.8 Å². The first-order chi connectivity index (χ1) is 13.6. The number of rotatable bonds is 5. The minimum Gasteiger partial charge on any atom is -0.497 e. The van der Waals surface area contributed by atoms with Crippen molar-refractivity contribution in [2.75, 3.05) is 21.0 Å². The number of benzene rings is 2. The molecule has 5 nitrogen and oxygen atoms in total. The van der Waals surface area contributed by atoms with Crippen LogP contribution < -0.4 is 14.2 Å². The van der Waals surface area contributed by atoms with Crippen molar-refractivity contribution < 1.29 is 19.0 Å². The molecular weight excluding hydrogens is 354 g/mol. The number of hydrogen-bond donors (Lipinski definition) is 0. The van der Waals surface area contributed by atoms with Crippen molar-refractivity contribution in [2.45, 2.75) is 44.1 Å². The summed E-state index contributed by atoms with van der Waals surface area (Å²) in [6.45, 7) is 0.826. The normalized spacial score (nSPS) is 17.2. The number of methoxy groups -OCH3 is 1. The molecule has 2 aliphatic rings. The second-order valence-corrected chi connectivity index (χ2v) is 7.72. The minimum atomic E-state index is -0.486. The van der Waals surface area contributed by atoms with Crippen molar-refractivity contribution in [2.24, 2.45) is 0 Å². The molecular formula is C23H27NO4. The molecule has 1 fully saturated rings. The van der Waals surface area contributed by atoms with Crippen LogP contribution in [0.15, 0.2) is 42.5 Å². The van der Waals surface area contributed by atoms with Gasteiger partial charge in [0.15, 0.2) is 11.5 Å². The average molecular weight is 381 g/mol. The maximum Gasteiger partial charge on any atom is 0.233 e. The van der Waals surface area contributed by atoms with Crippen molar-refractivity contribution in [3.63, 3.8) is 0 Å². The minimum absolute atomic E-state index is 0.182. The van der Waals surface area contributed by atoms with Gasteiger partial charge in [0.2, 0.25) is 12.7 Å². The van der Waals surface area contributed by atoms with Crippen LogP contribution in [-0.2, 0) is 16.8 Å². The molecule has 0 N–H and O–H groups in total. The summed E-state index contributed by atoms with van der Waals surface area (Å²) >= 11 is 0. The van der Waals surface area contributed by atoms with E-state index >= 15 is 0 Å². The third kappa shape index (κ3) is 3.41. The maximum absolute atomic E-state index is 13.7. The van der Waals surface area contributed by atoms with Crippen molar-refractivity contribution in [1.82, 2.24) is 4.90 Å². The van der Waals surface area contributed by atoms with Gasteiger partial charge in [-0.05, 0) is 48.2 Å². The van der Waals surface area contributed by atoms with E-state index in [4.69, 9.17) is 14.2 Å². The molecule has 5 heteroatoms. The van der Waals surface area contributed by atoms with Gasteiger partial charge in [-0.1, -0.05) is 37.5 Å².